The Kier molecular flexibility index (Phi) is 8.33. The number of rotatable bonds is 7. The van der Waals surface area contributed by atoms with Gasteiger partial charge in [0.25, 0.3) is 0 Å². The molecular weight excluding hydrogens is 701 g/mol. The minimum absolute atomic E-state index is 1.01. The minimum atomic E-state index is 1.01. The van der Waals surface area contributed by atoms with Crippen molar-refractivity contribution < 1.29 is 0 Å². The molecule has 1 aliphatic carbocycles. The Hall–Kier alpha value is -7.42. The molecule has 0 saturated carbocycles. The average molecular weight is 741 g/mol. The third kappa shape index (κ3) is 5.98. The van der Waals surface area contributed by atoms with Gasteiger partial charge in [-0.25, -0.2) is 0 Å². The first-order valence-corrected chi connectivity index (χ1v) is 20.2. The largest absolute Gasteiger partial charge is 0.313 e. The molecule has 0 radical (unpaired) electrons. The van der Waals surface area contributed by atoms with Crippen LogP contribution in [0, 0.1) is 0 Å². The van der Waals surface area contributed by atoms with Crippen LogP contribution < -0.4 is 4.90 Å². The van der Waals surface area contributed by atoms with E-state index in [1.54, 1.807) is 0 Å². The fraction of sp³-hybridized carbons (Fsp3) is 0.0357. The molecule has 0 bridgehead atoms. The summed E-state index contributed by atoms with van der Waals surface area (Å²) in [6, 6.07) is 77.5. The van der Waals surface area contributed by atoms with Crippen LogP contribution in [0.4, 0.5) is 17.1 Å². The third-order valence-corrected chi connectivity index (χ3v) is 11.8. The molecule has 0 N–H and O–H groups in total. The maximum Gasteiger partial charge on any atom is 0.0537 e. The van der Waals surface area contributed by atoms with Crippen LogP contribution in [-0.2, 0) is 6.42 Å². The van der Waals surface area contributed by atoms with Gasteiger partial charge in [-0.3, -0.25) is 0 Å². The molecule has 10 aromatic rings. The highest BCUT2D eigenvalue weighted by Crippen LogP contribution is 2.43. The lowest BCUT2D eigenvalue weighted by Crippen LogP contribution is -2.10. The van der Waals surface area contributed by atoms with Crippen LogP contribution in [0.25, 0.3) is 66.0 Å². The van der Waals surface area contributed by atoms with Crippen LogP contribution in [0.2, 0.25) is 0 Å². The van der Waals surface area contributed by atoms with E-state index in [9.17, 15) is 0 Å². The standard InChI is InChI=1S/C56H40N2/c1-2-20-48(21-3-1)58-54-25-9-8-23-53(54)56-52(24-12-26-55(56)58)47-19-10-17-43(36-47)45-18-11-22-50(38-45)57(51-34-31-40-14-5-7-16-44(40)37-51)49-32-29-41(30-33-49)46-28-27-39-13-4-6-15-42(39)35-46/h1-11,13-25,27-38H,12,26H2. The number of benzene rings is 9. The van der Waals surface area contributed by atoms with Crippen molar-refractivity contribution in [1.29, 1.82) is 0 Å². The summed E-state index contributed by atoms with van der Waals surface area (Å²) in [4.78, 5) is 2.39. The number of aromatic nitrogens is 1. The number of hydrogen-bond acceptors (Lipinski definition) is 1. The van der Waals surface area contributed by atoms with Crippen molar-refractivity contribution in [2.75, 3.05) is 4.90 Å². The lowest BCUT2D eigenvalue weighted by atomic mass is 9.88. The molecular formula is C56H40N2. The second kappa shape index (κ2) is 14.3. The lowest BCUT2D eigenvalue weighted by molar-refractivity contribution is 0.884. The van der Waals surface area contributed by atoms with Gasteiger partial charge in [-0.15, -0.1) is 0 Å². The number of fused-ring (bicyclic) bond motifs is 5. The number of nitrogens with zero attached hydrogens (tertiary/aromatic N) is 2. The molecule has 0 spiro atoms. The van der Waals surface area contributed by atoms with E-state index in [1.165, 1.54) is 82.8 Å². The summed E-state index contributed by atoms with van der Waals surface area (Å²) in [5, 5.41) is 6.26. The van der Waals surface area contributed by atoms with Gasteiger partial charge in [0, 0.05) is 39.4 Å². The van der Waals surface area contributed by atoms with Gasteiger partial charge in [0.2, 0.25) is 0 Å². The van der Waals surface area contributed by atoms with Crippen molar-refractivity contribution in [2.45, 2.75) is 12.8 Å². The molecule has 11 rings (SSSR count). The second-order valence-corrected chi connectivity index (χ2v) is 15.3. The maximum absolute atomic E-state index is 2.47. The van der Waals surface area contributed by atoms with Gasteiger partial charge in [-0.2, -0.15) is 0 Å². The molecule has 1 heterocycles. The quantitative estimate of drug-likeness (QED) is 0.158. The highest BCUT2D eigenvalue weighted by atomic mass is 15.1. The number of allylic oxidation sites excluding steroid dienone is 1. The first kappa shape index (κ1) is 33.9. The third-order valence-electron chi connectivity index (χ3n) is 11.8. The average Bonchev–Trinajstić information content (AvgIpc) is 3.64. The molecule has 0 unspecified atom stereocenters. The molecule has 2 heteroatoms. The van der Waals surface area contributed by atoms with Crippen molar-refractivity contribution >= 4 is 55.1 Å². The van der Waals surface area contributed by atoms with Crippen molar-refractivity contribution in [3.8, 4) is 27.9 Å². The molecule has 0 saturated heterocycles. The summed E-state index contributed by atoms with van der Waals surface area (Å²) in [5.41, 5.74) is 15.9. The lowest BCUT2D eigenvalue weighted by Gasteiger charge is -2.26. The van der Waals surface area contributed by atoms with E-state index in [2.05, 4.69) is 228 Å². The first-order valence-electron chi connectivity index (χ1n) is 20.2. The van der Waals surface area contributed by atoms with E-state index < -0.39 is 0 Å². The van der Waals surface area contributed by atoms with Gasteiger partial charge in [-0.05, 0) is 135 Å². The Balaban J connectivity index is 0.991. The van der Waals surface area contributed by atoms with Crippen molar-refractivity contribution in [1.82, 2.24) is 4.57 Å². The van der Waals surface area contributed by atoms with E-state index in [1.807, 2.05) is 0 Å². The summed E-state index contributed by atoms with van der Waals surface area (Å²) in [5.74, 6) is 0. The van der Waals surface area contributed by atoms with Gasteiger partial charge < -0.3 is 9.47 Å². The van der Waals surface area contributed by atoms with E-state index >= 15 is 0 Å². The maximum atomic E-state index is 2.47. The van der Waals surface area contributed by atoms with Crippen LogP contribution in [0.5, 0.6) is 0 Å². The summed E-state index contributed by atoms with van der Waals surface area (Å²) < 4.78 is 2.47. The van der Waals surface area contributed by atoms with Crippen molar-refractivity contribution in [2.24, 2.45) is 0 Å². The van der Waals surface area contributed by atoms with Crippen LogP contribution in [0.15, 0.2) is 218 Å². The highest BCUT2D eigenvalue weighted by molar-refractivity contribution is 6.01. The number of hydrogen-bond donors (Lipinski definition) is 0. The van der Waals surface area contributed by atoms with Crippen molar-refractivity contribution in [3.05, 3.63) is 235 Å². The smallest absolute Gasteiger partial charge is 0.0537 e. The van der Waals surface area contributed by atoms with E-state index in [0.717, 1.165) is 29.9 Å². The van der Waals surface area contributed by atoms with Crippen LogP contribution in [-0.4, -0.2) is 4.57 Å². The van der Waals surface area contributed by atoms with Gasteiger partial charge in [0.05, 0.1) is 5.52 Å². The van der Waals surface area contributed by atoms with Crippen molar-refractivity contribution in [3.63, 3.8) is 0 Å². The van der Waals surface area contributed by atoms with Gasteiger partial charge in [0.1, 0.15) is 0 Å². The molecule has 2 nitrogen and oxygen atoms in total. The van der Waals surface area contributed by atoms with Crippen LogP contribution in [0.3, 0.4) is 0 Å². The fourth-order valence-electron chi connectivity index (χ4n) is 9.05. The SMILES string of the molecule is C1=C(c2cccc(-c3cccc(N(c4ccc(-c5ccc6ccccc6c5)cc4)c4ccc5ccccc5c4)c3)c2)c2c(n(-c3ccccc3)c3ccccc23)CC1. The predicted octanol–water partition coefficient (Wildman–Crippen LogP) is 15.1. The fourth-order valence-corrected chi connectivity index (χ4v) is 9.05. The zero-order valence-corrected chi connectivity index (χ0v) is 32.1. The summed E-state index contributed by atoms with van der Waals surface area (Å²) in [6.07, 6.45) is 4.46. The van der Waals surface area contributed by atoms with E-state index in [-0.39, 0.29) is 0 Å². The predicted molar refractivity (Wildman–Crippen MR) is 246 cm³/mol. The summed E-state index contributed by atoms with van der Waals surface area (Å²) in [7, 11) is 0. The van der Waals surface area contributed by atoms with Gasteiger partial charge >= 0.3 is 0 Å². The molecule has 9 aromatic carbocycles. The molecule has 0 aliphatic heterocycles. The molecule has 0 fully saturated rings. The summed E-state index contributed by atoms with van der Waals surface area (Å²) in [6.45, 7) is 0. The zero-order chi connectivity index (χ0) is 38.4. The molecule has 1 aliphatic rings. The Morgan fingerprint density at radius 3 is 1.78 bits per heavy atom. The Morgan fingerprint density at radius 2 is 0.966 bits per heavy atom. The first-order chi connectivity index (χ1) is 28.7. The Morgan fingerprint density at radius 1 is 0.379 bits per heavy atom. The molecule has 0 amide bonds. The Labute approximate surface area is 339 Å². The van der Waals surface area contributed by atoms with Crippen LogP contribution in [0.1, 0.15) is 23.2 Å². The normalized spacial score (nSPS) is 12.4. The number of para-hydroxylation sites is 2. The molecule has 274 valence electrons. The monoisotopic (exact) mass is 740 g/mol. The van der Waals surface area contributed by atoms with Crippen LogP contribution >= 0.6 is 0 Å². The Bertz CT molecular complexity index is 3170. The molecule has 1 aromatic heterocycles. The molecule has 58 heavy (non-hydrogen) atoms. The van der Waals surface area contributed by atoms with E-state index in [4.69, 9.17) is 0 Å². The zero-order valence-electron chi connectivity index (χ0n) is 32.1. The van der Waals surface area contributed by atoms with Gasteiger partial charge in [-0.1, -0.05) is 152 Å². The topological polar surface area (TPSA) is 8.17 Å². The summed E-state index contributed by atoms with van der Waals surface area (Å²) >= 11 is 0. The van der Waals surface area contributed by atoms with Gasteiger partial charge in [0.15, 0.2) is 0 Å². The minimum Gasteiger partial charge on any atom is -0.313 e. The molecule has 0 atom stereocenters. The second-order valence-electron chi connectivity index (χ2n) is 15.3. The van der Waals surface area contributed by atoms with E-state index in [0.29, 0.717) is 0 Å². The highest BCUT2D eigenvalue weighted by Gasteiger charge is 2.24. The number of anilines is 3.